The number of hydrogen-bond acceptors (Lipinski definition) is 4. The van der Waals surface area contributed by atoms with Gasteiger partial charge in [-0.1, -0.05) is 6.07 Å². The van der Waals surface area contributed by atoms with Crippen LogP contribution in [0.25, 0.3) is 0 Å². The number of aryl methyl sites for hydroxylation is 2. The van der Waals surface area contributed by atoms with E-state index >= 15 is 0 Å². The zero-order valence-corrected chi connectivity index (χ0v) is 13.3. The van der Waals surface area contributed by atoms with E-state index in [4.69, 9.17) is 0 Å². The minimum absolute atomic E-state index is 0.0908. The van der Waals surface area contributed by atoms with Crippen LogP contribution in [0.1, 0.15) is 44.1 Å². The zero-order chi connectivity index (χ0) is 15.7. The Labute approximate surface area is 132 Å². The van der Waals surface area contributed by atoms with Gasteiger partial charge in [0.15, 0.2) is 0 Å². The van der Waals surface area contributed by atoms with Crippen LogP contribution in [-0.2, 0) is 0 Å². The second-order valence-electron chi connectivity index (χ2n) is 5.50. The van der Waals surface area contributed by atoms with Crippen molar-refractivity contribution in [2.45, 2.75) is 32.7 Å². The van der Waals surface area contributed by atoms with Crippen LogP contribution in [0.4, 0.5) is 5.69 Å². The normalized spacial score (nSPS) is 13.7. The summed E-state index contributed by atoms with van der Waals surface area (Å²) in [5.41, 5.74) is 4.49. The van der Waals surface area contributed by atoms with Crippen LogP contribution in [0.5, 0.6) is 0 Å². The van der Waals surface area contributed by atoms with Gasteiger partial charge in [0, 0.05) is 17.3 Å². The van der Waals surface area contributed by atoms with Gasteiger partial charge in [-0.15, -0.1) is 11.3 Å². The highest BCUT2D eigenvalue weighted by atomic mass is 32.1. The van der Waals surface area contributed by atoms with E-state index in [1.165, 1.54) is 11.3 Å². The number of nitrogens with zero attached hydrogens (tertiary/aromatic N) is 1. The Bertz CT molecular complexity index is 735. The van der Waals surface area contributed by atoms with Crippen LogP contribution in [0.2, 0.25) is 0 Å². The van der Waals surface area contributed by atoms with Crippen molar-refractivity contribution in [3.63, 3.8) is 0 Å². The maximum atomic E-state index is 12.3. The average molecular weight is 315 g/mol. The molecule has 0 atom stereocenters. The van der Waals surface area contributed by atoms with E-state index in [2.05, 4.69) is 15.6 Å². The number of benzene rings is 1. The Hall–Kier alpha value is -2.21. The Morgan fingerprint density at radius 3 is 2.64 bits per heavy atom. The first-order chi connectivity index (χ1) is 10.5. The number of anilines is 1. The van der Waals surface area contributed by atoms with E-state index < -0.39 is 0 Å². The van der Waals surface area contributed by atoms with E-state index in [0.717, 1.165) is 18.4 Å². The molecule has 2 N–H and O–H groups in total. The van der Waals surface area contributed by atoms with E-state index in [1.807, 2.05) is 13.0 Å². The summed E-state index contributed by atoms with van der Waals surface area (Å²) < 4.78 is 0. The first-order valence-corrected chi connectivity index (χ1v) is 8.05. The predicted octanol–water partition coefficient (Wildman–Crippen LogP) is 2.90. The van der Waals surface area contributed by atoms with Gasteiger partial charge in [0.25, 0.3) is 11.8 Å². The molecular formula is C16H17N3O2S. The Kier molecular flexibility index (Phi) is 3.94. The van der Waals surface area contributed by atoms with Gasteiger partial charge in [0.1, 0.15) is 4.88 Å². The summed E-state index contributed by atoms with van der Waals surface area (Å²) in [7, 11) is 0. The van der Waals surface area contributed by atoms with Crippen molar-refractivity contribution in [3.05, 3.63) is 45.4 Å². The third kappa shape index (κ3) is 3.17. The highest BCUT2D eigenvalue weighted by Crippen LogP contribution is 2.22. The van der Waals surface area contributed by atoms with Gasteiger partial charge in [0.05, 0.1) is 11.2 Å². The molecule has 1 aromatic carbocycles. The third-order valence-corrected chi connectivity index (χ3v) is 4.54. The molecule has 1 heterocycles. The summed E-state index contributed by atoms with van der Waals surface area (Å²) in [6.07, 6.45) is 2.09. The molecule has 1 aromatic heterocycles. The molecule has 0 bridgehead atoms. The van der Waals surface area contributed by atoms with Crippen molar-refractivity contribution in [2.24, 2.45) is 0 Å². The molecule has 1 aliphatic carbocycles. The number of thiazole rings is 1. The standard InChI is InChI=1S/C16H17N3O2S/c1-9-3-4-11(15(20)18-12-5-6-12)7-13(9)19-16(21)14-10(2)17-8-22-14/h3-4,7-8,12H,5-6H2,1-2H3,(H,18,20)(H,19,21). The number of amides is 2. The number of hydrogen-bond donors (Lipinski definition) is 2. The Morgan fingerprint density at radius 2 is 2.00 bits per heavy atom. The SMILES string of the molecule is Cc1ccc(C(=O)NC2CC2)cc1NC(=O)c1scnc1C. The van der Waals surface area contributed by atoms with E-state index in [9.17, 15) is 9.59 Å². The summed E-state index contributed by atoms with van der Waals surface area (Å²) in [6, 6.07) is 5.66. The van der Waals surface area contributed by atoms with Crippen molar-refractivity contribution in [1.82, 2.24) is 10.3 Å². The third-order valence-electron chi connectivity index (χ3n) is 3.61. The number of nitrogens with one attached hydrogen (secondary N) is 2. The summed E-state index contributed by atoms with van der Waals surface area (Å²) in [5.74, 6) is -0.283. The van der Waals surface area contributed by atoms with E-state index in [0.29, 0.717) is 27.9 Å². The molecule has 2 aromatic rings. The van der Waals surface area contributed by atoms with Crippen LogP contribution in [-0.4, -0.2) is 22.8 Å². The summed E-state index contributed by atoms with van der Waals surface area (Å²) in [6.45, 7) is 3.70. The van der Waals surface area contributed by atoms with Crippen molar-refractivity contribution in [2.75, 3.05) is 5.32 Å². The first-order valence-electron chi connectivity index (χ1n) is 7.17. The average Bonchev–Trinajstić information content (AvgIpc) is 3.19. The fourth-order valence-corrected chi connectivity index (χ4v) is 2.79. The summed E-state index contributed by atoms with van der Waals surface area (Å²) in [4.78, 5) is 29.0. The fourth-order valence-electron chi connectivity index (χ4n) is 2.09. The Balaban J connectivity index is 1.79. The van der Waals surface area contributed by atoms with Crippen molar-refractivity contribution >= 4 is 28.8 Å². The second-order valence-corrected chi connectivity index (χ2v) is 6.35. The molecule has 3 rings (SSSR count). The van der Waals surface area contributed by atoms with E-state index in [-0.39, 0.29) is 11.8 Å². The second kappa shape index (κ2) is 5.88. The lowest BCUT2D eigenvalue weighted by molar-refractivity contribution is 0.0949. The molecule has 0 unspecified atom stereocenters. The largest absolute Gasteiger partial charge is 0.349 e. The number of carbonyl (C=O) groups is 2. The highest BCUT2D eigenvalue weighted by Gasteiger charge is 2.24. The van der Waals surface area contributed by atoms with Crippen LogP contribution in [0.3, 0.4) is 0 Å². The minimum atomic E-state index is -0.192. The molecule has 0 spiro atoms. The zero-order valence-electron chi connectivity index (χ0n) is 12.5. The molecule has 0 radical (unpaired) electrons. The molecule has 1 fully saturated rings. The maximum absolute atomic E-state index is 12.3. The minimum Gasteiger partial charge on any atom is -0.349 e. The van der Waals surface area contributed by atoms with Gasteiger partial charge in [-0.2, -0.15) is 0 Å². The van der Waals surface area contributed by atoms with Crippen molar-refractivity contribution in [3.8, 4) is 0 Å². The topological polar surface area (TPSA) is 71.1 Å². The smallest absolute Gasteiger partial charge is 0.267 e. The molecule has 5 nitrogen and oxygen atoms in total. The van der Waals surface area contributed by atoms with Crippen LogP contribution < -0.4 is 10.6 Å². The van der Waals surface area contributed by atoms with Crippen LogP contribution in [0, 0.1) is 13.8 Å². The van der Waals surface area contributed by atoms with Crippen LogP contribution >= 0.6 is 11.3 Å². The maximum Gasteiger partial charge on any atom is 0.267 e. The predicted molar refractivity (Wildman–Crippen MR) is 86.5 cm³/mol. The molecule has 1 aliphatic rings. The lowest BCUT2D eigenvalue weighted by atomic mass is 10.1. The first kappa shape index (κ1) is 14.7. The molecule has 6 heteroatoms. The van der Waals surface area contributed by atoms with E-state index in [1.54, 1.807) is 24.6 Å². The lowest BCUT2D eigenvalue weighted by Gasteiger charge is -2.10. The summed E-state index contributed by atoms with van der Waals surface area (Å²) in [5, 5.41) is 5.82. The van der Waals surface area contributed by atoms with Gasteiger partial charge in [0.2, 0.25) is 0 Å². The molecular weight excluding hydrogens is 298 g/mol. The lowest BCUT2D eigenvalue weighted by Crippen LogP contribution is -2.25. The quantitative estimate of drug-likeness (QED) is 0.911. The molecule has 0 aliphatic heterocycles. The number of carbonyl (C=O) groups excluding carboxylic acids is 2. The molecule has 1 saturated carbocycles. The van der Waals surface area contributed by atoms with Gasteiger partial charge in [-0.25, -0.2) is 4.98 Å². The monoisotopic (exact) mass is 315 g/mol. The van der Waals surface area contributed by atoms with Crippen molar-refractivity contribution in [1.29, 1.82) is 0 Å². The van der Waals surface area contributed by atoms with Crippen molar-refractivity contribution < 1.29 is 9.59 Å². The molecule has 2 amide bonds. The highest BCUT2D eigenvalue weighted by molar-refractivity contribution is 7.12. The Morgan fingerprint density at radius 1 is 1.23 bits per heavy atom. The van der Waals surface area contributed by atoms with Gasteiger partial charge in [-0.05, 0) is 44.4 Å². The number of rotatable bonds is 4. The number of aromatic nitrogens is 1. The van der Waals surface area contributed by atoms with Crippen LogP contribution in [0.15, 0.2) is 23.7 Å². The molecule has 114 valence electrons. The van der Waals surface area contributed by atoms with Gasteiger partial charge < -0.3 is 10.6 Å². The fraction of sp³-hybridized carbons (Fsp3) is 0.312. The van der Waals surface area contributed by atoms with Gasteiger partial charge >= 0.3 is 0 Å². The molecule has 22 heavy (non-hydrogen) atoms. The summed E-state index contributed by atoms with van der Waals surface area (Å²) >= 11 is 1.31. The molecule has 0 saturated heterocycles. The van der Waals surface area contributed by atoms with Gasteiger partial charge in [-0.3, -0.25) is 9.59 Å².